The number of imidazole rings is 1. The number of alkyl halides is 2. The van der Waals surface area contributed by atoms with Crippen LogP contribution in [0.5, 0.6) is 5.75 Å². The number of nitrogens with one attached hydrogen (secondary N) is 1. The fourth-order valence-electron chi connectivity index (χ4n) is 3.49. The molecule has 10 heteroatoms. The second-order valence-corrected chi connectivity index (χ2v) is 8.95. The van der Waals surface area contributed by atoms with Gasteiger partial charge in [0.15, 0.2) is 10.8 Å². The van der Waals surface area contributed by atoms with Gasteiger partial charge in [-0.25, -0.2) is 14.4 Å². The number of amides is 1. The van der Waals surface area contributed by atoms with Crippen molar-refractivity contribution in [3.8, 4) is 5.75 Å². The van der Waals surface area contributed by atoms with E-state index >= 15 is 0 Å². The van der Waals surface area contributed by atoms with Gasteiger partial charge in [0.2, 0.25) is 5.91 Å². The van der Waals surface area contributed by atoms with Crippen molar-refractivity contribution in [3.05, 3.63) is 83.8 Å². The first-order chi connectivity index (χ1) is 16.7. The number of thioether (sulfide) groups is 1. The molecule has 1 N–H and O–H groups in total. The SMILES string of the molecule is C[C@H](NC(=O)CSc1nc2cccnc2n1Cc1ccc(OC(C)(F)F)cc1)c1ccc(F)cc1. The lowest BCUT2D eigenvalue weighted by atomic mass is 10.1. The van der Waals surface area contributed by atoms with Gasteiger partial charge >= 0.3 is 6.11 Å². The van der Waals surface area contributed by atoms with Crippen molar-refractivity contribution in [2.75, 3.05) is 5.75 Å². The highest BCUT2D eigenvalue weighted by Gasteiger charge is 2.23. The molecule has 2 aromatic carbocycles. The monoisotopic (exact) mass is 500 g/mol. The summed E-state index contributed by atoms with van der Waals surface area (Å²) >= 11 is 1.27. The number of nitrogens with zero attached hydrogens (tertiary/aromatic N) is 3. The van der Waals surface area contributed by atoms with Crippen LogP contribution >= 0.6 is 11.8 Å². The Labute approximate surface area is 204 Å². The van der Waals surface area contributed by atoms with Crippen molar-refractivity contribution >= 4 is 28.8 Å². The third-order valence-electron chi connectivity index (χ3n) is 5.11. The van der Waals surface area contributed by atoms with Crippen LogP contribution in [0.1, 0.15) is 31.0 Å². The second kappa shape index (κ2) is 10.4. The summed E-state index contributed by atoms with van der Waals surface area (Å²) in [7, 11) is 0. The second-order valence-electron chi connectivity index (χ2n) is 8.01. The van der Waals surface area contributed by atoms with Crippen molar-refractivity contribution < 1.29 is 22.7 Å². The summed E-state index contributed by atoms with van der Waals surface area (Å²) in [6, 6.07) is 15.7. The van der Waals surface area contributed by atoms with Gasteiger partial charge in [-0.15, -0.1) is 0 Å². The molecule has 182 valence electrons. The Bertz CT molecular complexity index is 1310. The molecule has 0 aliphatic carbocycles. The highest BCUT2D eigenvalue weighted by Crippen LogP contribution is 2.26. The molecule has 1 amide bonds. The molecule has 0 saturated heterocycles. The highest BCUT2D eigenvalue weighted by atomic mass is 32.2. The number of pyridine rings is 1. The lowest BCUT2D eigenvalue weighted by Crippen LogP contribution is -2.28. The standard InChI is InChI=1S/C25H23F3N4O2S/c1-16(18-7-9-19(26)10-8-18)30-22(33)15-35-24-31-21-4-3-13-29-23(21)32(24)14-17-5-11-20(12-6-17)34-25(2,27)28/h3-13,16H,14-15H2,1-2H3,(H,30,33)/t16-/m0/s1. The van der Waals surface area contributed by atoms with Crippen molar-refractivity contribution in [3.63, 3.8) is 0 Å². The maximum atomic E-state index is 13.1. The Kier molecular flexibility index (Phi) is 7.30. The summed E-state index contributed by atoms with van der Waals surface area (Å²) in [5.41, 5.74) is 2.96. The molecule has 1 atom stereocenters. The van der Waals surface area contributed by atoms with Crippen molar-refractivity contribution in [1.29, 1.82) is 0 Å². The van der Waals surface area contributed by atoms with E-state index in [1.54, 1.807) is 36.5 Å². The van der Waals surface area contributed by atoms with Gasteiger partial charge in [-0.2, -0.15) is 8.78 Å². The van der Waals surface area contributed by atoms with Crippen LogP contribution in [0.3, 0.4) is 0 Å². The molecule has 0 unspecified atom stereocenters. The summed E-state index contributed by atoms with van der Waals surface area (Å²) in [5, 5.41) is 3.50. The van der Waals surface area contributed by atoms with E-state index in [1.807, 2.05) is 17.6 Å². The van der Waals surface area contributed by atoms with Crippen LogP contribution in [0, 0.1) is 5.82 Å². The van der Waals surface area contributed by atoms with Gasteiger partial charge in [0.05, 0.1) is 18.3 Å². The van der Waals surface area contributed by atoms with Crippen molar-refractivity contribution in [2.24, 2.45) is 0 Å². The Hall–Kier alpha value is -3.53. The number of fused-ring (bicyclic) bond motifs is 1. The fraction of sp³-hybridized carbons (Fsp3) is 0.240. The molecule has 0 spiro atoms. The van der Waals surface area contributed by atoms with Gasteiger partial charge in [0.25, 0.3) is 0 Å². The summed E-state index contributed by atoms with van der Waals surface area (Å²) < 4.78 is 45.8. The van der Waals surface area contributed by atoms with E-state index in [2.05, 4.69) is 20.0 Å². The average molecular weight is 501 g/mol. The molecular weight excluding hydrogens is 477 g/mol. The summed E-state index contributed by atoms with van der Waals surface area (Å²) in [5.74, 6) is -0.342. The molecule has 0 radical (unpaired) electrons. The molecule has 0 saturated carbocycles. The molecule has 0 fully saturated rings. The van der Waals surface area contributed by atoms with E-state index in [9.17, 15) is 18.0 Å². The quantitative estimate of drug-likeness (QED) is 0.304. The van der Waals surface area contributed by atoms with Gasteiger partial charge in [0.1, 0.15) is 17.1 Å². The summed E-state index contributed by atoms with van der Waals surface area (Å²) in [4.78, 5) is 21.6. The van der Waals surface area contributed by atoms with Gasteiger partial charge in [0, 0.05) is 13.1 Å². The lowest BCUT2D eigenvalue weighted by molar-refractivity contribution is -0.158. The van der Waals surface area contributed by atoms with Crippen LogP contribution in [-0.4, -0.2) is 32.3 Å². The zero-order valence-corrected chi connectivity index (χ0v) is 19.9. The minimum Gasteiger partial charge on any atom is -0.433 e. The minimum absolute atomic E-state index is 0.0661. The minimum atomic E-state index is -3.26. The van der Waals surface area contributed by atoms with Gasteiger partial charge in [-0.05, 0) is 54.4 Å². The zero-order valence-electron chi connectivity index (χ0n) is 19.0. The van der Waals surface area contributed by atoms with Crippen LogP contribution < -0.4 is 10.1 Å². The predicted molar refractivity (Wildman–Crippen MR) is 128 cm³/mol. The fourth-order valence-corrected chi connectivity index (χ4v) is 4.30. The van der Waals surface area contributed by atoms with Crippen molar-refractivity contribution in [1.82, 2.24) is 19.9 Å². The van der Waals surface area contributed by atoms with Crippen LogP contribution in [0.15, 0.2) is 72.0 Å². The van der Waals surface area contributed by atoms with E-state index in [4.69, 9.17) is 0 Å². The normalized spacial score (nSPS) is 12.5. The number of ether oxygens (including phenoxy) is 1. The van der Waals surface area contributed by atoms with E-state index in [-0.39, 0.29) is 29.3 Å². The first kappa shape index (κ1) is 24.6. The number of aromatic nitrogens is 3. The Morgan fingerprint density at radius 3 is 2.54 bits per heavy atom. The molecular formula is C25H23F3N4O2S. The van der Waals surface area contributed by atoms with E-state index in [0.29, 0.717) is 29.8 Å². The Morgan fingerprint density at radius 2 is 1.86 bits per heavy atom. The van der Waals surface area contributed by atoms with Gasteiger partial charge < -0.3 is 10.1 Å². The van der Waals surface area contributed by atoms with Gasteiger partial charge in [-0.1, -0.05) is 36.0 Å². The number of benzene rings is 2. The number of hydrogen-bond acceptors (Lipinski definition) is 5. The van der Waals surface area contributed by atoms with Crippen molar-refractivity contribution in [2.45, 2.75) is 37.7 Å². The smallest absolute Gasteiger partial charge is 0.394 e. The molecule has 0 aliphatic rings. The predicted octanol–water partition coefficient (Wildman–Crippen LogP) is 5.58. The third-order valence-corrected chi connectivity index (χ3v) is 6.09. The Morgan fingerprint density at radius 1 is 1.14 bits per heavy atom. The van der Waals surface area contributed by atoms with Crippen LogP contribution in [-0.2, 0) is 11.3 Å². The number of carbonyl (C=O) groups is 1. The first-order valence-electron chi connectivity index (χ1n) is 10.8. The summed E-state index contributed by atoms with van der Waals surface area (Å²) in [6.07, 6.45) is -1.60. The van der Waals surface area contributed by atoms with Gasteiger partial charge in [-0.3, -0.25) is 9.36 Å². The number of hydrogen-bond donors (Lipinski definition) is 1. The maximum Gasteiger partial charge on any atom is 0.394 e. The average Bonchev–Trinajstić information content (AvgIpc) is 3.16. The maximum absolute atomic E-state index is 13.1. The molecule has 4 rings (SSSR count). The number of rotatable bonds is 9. The molecule has 35 heavy (non-hydrogen) atoms. The number of carbonyl (C=O) groups excluding carboxylic acids is 1. The van der Waals surface area contributed by atoms with E-state index in [0.717, 1.165) is 11.1 Å². The highest BCUT2D eigenvalue weighted by molar-refractivity contribution is 7.99. The molecule has 2 heterocycles. The van der Waals surface area contributed by atoms with E-state index < -0.39 is 6.11 Å². The topological polar surface area (TPSA) is 69.0 Å². The van der Waals surface area contributed by atoms with Crippen LogP contribution in [0.4, 0.5) is 13.2 Å². The Balaban J connectivity index is 1.46. The lowest BCUT2D eigenvalue weighted by Gasteiger charge is -2.15. The van der Waals surface area contributed by atoms with E-state index in [1.165, 1.54) is 36.0 Å². The largest absolute Gasteiger partial charge is 0.433 e. The summed E-state index contributed by atoms with van der Waals surface area (Å²) in [6.45, 7) is 2.90. The molecule has 0 aliphatic heterocycles. The number of halogens is 3. The third kappa shape index (κ3) is 6.54. The zero-order chi connectivity index (χ0) is 25.0. The molecule has 0 bridgehead atoms. The van der Waals surface area contributed by atoms with Crippen LogP contribution in [0.25, 0.3) is 11.2 Å². The molecule has 2 aromatic heterocycles. The van der Waals surface area contributed by atoms with Crippen LogP contribution in [0.2, 0.25) is 0 Å². The molecule has 4 aromatic rings. The molecule has 6 nitrogen and oxygen atoms in total. The first-order valence-corrected chi connectivity index (χ1v) is 11.8.